The molecule has 0 aromatic rings. The zero-order chi connectivity index (χ0) is 6.41. The second-order valence-electron chi connectivity index (χ2n) is 1.96. The van der Waals surface area contributed by atoms with E-state index in [-0.39, 0.29) is 0 Å². The van der Waals surface area contributed by atoms with Gasteiger partial charge in [0.2, 0.25) is 0 Å². The van der Waals surface area contributed by atoms with Gasteiger partial charge in [0, 0.05) is 0 Å². The number of rotatable bonds is 4. The van der Waals surface area contributed by atoms with E-state index in [1.54, 1.807) is 0 Å². The van der Waals surface area contributed by atoms with Gasteiger partial charge in [-0.1, -0.05) is 0 Å². The first kappa shape index (κ1) is 10.8. The molecule has 0 spiro atoms. The Morgan fingerprint density at radius 2 is 1.88 bits per heavy atom. The predicted octanol–water partition coefficient (Wildman–Crippen LogP) is 3.32. The molecule has 0 heterocycles. The van der Waals surface area contributed by atoms with E-state index in [2.05, 4.69) is 30.7 Å². The molecule has 0 saturated carbocycles. The molecule has 0 aliphatic heterocycles. The van der Waals surface area contributed by atoms with Gasteiger partial charge in [0.15, 0.2) is 0 Å². The Labute approximate surface area is 86.9 Å². The molecule has 42 valence electrons. The van der Waals surface area contributed by atoms with Crippen LogP contribution in [0.25, 0.3) is 0 Å². The fourth-order valence-corrected chi connectivity index (χ4v) is 96.4. The van der Waals surface area contributed by atoms with Crippen molar-refractivity contribution in [3.05, 3.63) is 0 Å². The van der Waals surface area contributed by atoms with Crippen molar-refractivity contribution in [1.82, 2.24) is 0 Å². The van der Waals surface area contributed by atoms with Crippen molar-refractivity contribution >= 4 is 23.8 Å². The molecule has 0 unspecified atom stereocenters. The van der Waals surface area contributed by atoms with Crippen LogP contribution in [0.5, 0.6) is 0 Å². The normalized spacial score (nSPS) is 8.50. The molecule has 0 amide bonds. The Morgan fingerprint density at radius 1 is 1.38 bits per heavy atom. The zero-order valence-corrected chi connectivity index (χ0v) is 19.3. The van der Waals surface area contributed by atoms with E-state index < -0.39 is 44.3 Å². The van der Waals surface area contributed by atoms with E-state index in [0.717, 1.165) is 0 Å². The summed E-state index contributed by atoms with van der Waals surface area (Å²) in [6, 6.07) is 0. The Morgan fingerprint density at radius 3 is 2.00 bits per heavy atom. The second kappa shape index (κ2) is 7.93. The Balaban J connectivity index is 3.07. The third-order valence-electron chi connectivity index (χ3n) is 1.13. The first-order chi connectivity index (χ1) is 3.85. The van der Waals surface area contributed by atoms with Crippen LogP contribution in [0.15, 0.2) is 0 Å². The van der Waals surface area contributed by atoms with Gasteiger partial charge in [-0.05, 0) is 0 Å². The summed E-state index contributed by atoms with van der Waals surface area (Å²) < 4.78 is 1.28. The van der Waals surface area contributed by atoms with Gasteiger partial charge in [-0.3, -0.25) is 0 Å². The van der Waals surface area contributed by atoms with E-state index in [1.165, 1.54) is 13.8 Å². The minimum atomic E-state index is -0.448. The summed E-state index contributed by atoms with van der Waals surface area (Å²) in [6.07, 6.45) is 2.93. The Hall–Kier alpha value is 2.83. The van der Waals surface area contributed by atoms with E-state index in [0.29, 0.717) is 0 Å². The summed E-state index contributed by atoms with van der Waals surface area (Å²) in [7, 11) is 0. The van der Waals surface area contributed by atoms with E-state index in [9.17, 15) is 0 Å². The maximum atomic E-state index is 3.72. The molecular weight excluding hydrogens is 609 g/mol. The third kappa shape index (κ3) is 5.60. The molecule has 0 aliphatic carbocycles. The minimum absolute atomic E-state index is 0.448. The van der Waals surface area contributed by atoms with Crippen LogP contribution in [0.2, 0.25) is 0.935 Å². The van der Waals surface area contributed by atoms with Crippen molar-refractivity contribution in [3.8, 4) is 0 Å². The molecule has 8 heavy (non-hydrogen) atoms. The van der Waals surface area contributed by atoms with Crippen LogP contribution >= 0.6 is 23.8 Å². The standard InChI is InChI=1S/C4H8.2BrH.2Hg/c1-3-4-2;;;;/h1H,3-4H2,2H3;2*1H;;/q;;;2*+1/p-2. The predicted molar refractivity (Wildman–Crippen MR) is 36.5 cm³/mol. The van der Waals surface area contributed by atoms with Crippen molar-refractivity contribution in [2.24, 2.45) is 0 Å². The topological polar surface area (TPSA) is 0 Å². The molecule has 0 N–H and O–H groups in total. The van der Waals surface area contributed by atoms with Crippen LogP contribution in [-0.2, 0) is 44.3 Å². The average molecular weight is 617 g/mol. The molecule has 0 saturated heterocycles. The summed E-state index contributed by atoms with van der Waals surface area (Å²) in [5.41, 5.74) is 0. The fourth-order valence-electron chi connectivity index (χ4n) is 0.604. The Kier molecular flexibility index (Phi) is 10.7. The van der Waals surface area contributed by atoms with Crippen molar-refractivity contribution in [3.63, 3.8) is 0 Å². The molecule has 0 radical (unpaired) electrons. The SMILES string of the molecule is CCC[CH]([Hg][Br])[Hg][Br]. The monoisotopic (exact) mass is 618 g/mol. The van der Waals surface area contributed by atoms with Gasteiger partial charge >= 0.3 is 88.8 Å². The quantitative estimate of drug-likeness (QED) is 0.426. The van der Waals surface area contributed by atoms with E-state index in [4.69, 9.17) is 0 Å². The van der Waals surface area contributed by atoms with Crippen LogP contribution in [-0.4, -0.2) is 0 Å². The van der Waals surface area contributed by atoms with Crippen LogP contribution in [0.4, 0.5) is 0 Å². The van der Waals surface area contributed by atoms with Crippen molar-refractivity contribution < 1.29 is 44.3 Å². The van der Waals surface area contributed by atoms with E-state index >= 15 is 0 Å². The van der Waals surface area contributed by atoms with Gasteiger partial charge < -0.3 is 0 Å². The number of halogens is 2. The molecule has 0 aromatic heterocycles. The van der Waals surface area contributed by atoms with Crippen LogP contribution in [0, 0.1) is 0 Å². The van der Waals surface area contributed by atoms with Gasteiger partial charge in [0.25, 0.3) is 0 Å². The molecule has 0 bridgehead atoms. The van der Waals surface area contributed by atoms with E-state index in [1.807, 2.05) is 0 Å². The van der Waals surface area contributed by atoms with Gasteiger partial charge in [-0.2, -0.15) is 0 Å². The summed E-state index contributed by atoms with van der Waals surface area (Å²) in [5, 5.41) is 0. The molecule has 4 heteroatoms. The first-order valence-electron chi connectivity index (χ1n) is 2.97. The second-order valence-corrected chi connectivity index (χ2v) is 42.2. The number of hydrogen-bond acceptors (Lipinski definition) is 0. The summed E-state index contributed by atoms with van der Waals surface area (Å²) in [4.78, 5) is 0. The molecule has 0 aromatic carbocycles. The molecular formula is C4H8Br2Hg2. The van der Waals surface area contributed by atoms with Crippen molar-refractivity contribution in [2.45, 2.75) is 20.7 Å². The van der Waals surface area contributed by atoms with Crippen LogP contribution in [0.1, 0.15) is 19.8 Å². The maximum absolute atomic E-state index is 3.72. The molecule has 0 nitrogen and oxygen atoms in total. The summed E-state index contributed by atoms with van der Waals surface area (Å²) in [5.74, 6) is 0. The van der Waals surface area contributed by atoms with Gasteiger partial charge in [0.05, 0.1) is 0 Å². The molecule has 0 aliphatic rings. The Bertz CT molecular complexity index is 47.3. The number of hydrogen-bond donors (Lipinski definition) is 0. The fraction of sp³-hybridized carbons (Fsp3) is 1.00. The third-order valence-corrected chi connectivity index (χ3v) is 101. The molecule has 0 atom stereocenters. The van der Waals surface area contributed by atoms with Crippen LogP contribution < -0.4 is 0 Å². The van der Waals surface area contributed by atoms with Gasteiger partial charge in [0.1, 0.15) is 0 Å². The summed E-state index contributed by atoms with van der Waals surface area (Å²) in [6.45, 7) is 2.29. The first-order valence-corrected chi connectivity index (χ1v) is 33.2. The van der Waals surface area contributed by atoms with Gasteiger partial charge in [-0.25, -0.2) is 0 Å². The van der Waals surface area contributed by atoms with Crippen LogP contribution in [0.3, 0.4) is 0 Å². The van der Waals surface area contributed by atoms with Crippen molar-refractivity contribution in [1.29, 1.82) is 0 Å². The zero-order valence-electron chi connectivity index (χ0n) is 5.16. The van der Waals surface area contributed by atoms with Gasteiger partial charge in [-0.15, -0.1) is 0 Å². The molecule has 0 fully saturated rings. The summed E-state index contributed by atoms with van der Waals surface area (Å²) >= 11 is 6.55. The van der Waals surface area contributed by atoms with Crippen molar-refractivity contribution in [2.75, 3.05) is 0 Å². The average Bonchev–Trinajstić information content (AvgIpc) is 1.83. The molecule has 0 rings (SSSR count).